The maximum Gasteiger partial charge on any atom is 0.316 e. The summed E-state index contributed by atoms with van der Waals surface area (Å²) in [4.78, 5) is 10.6. The molecule has 2 heteroatoms. The molecule has 0 N–H and O–H groups in total. The van der Waals surface area contributed by atoms with Gasteiger partial charge >= 0.3 is 5.97 Å². The fraction of sp³-hybridized carbons (Fsp3) is 0.750. The fourth-order valence-electron chi connectivity index (χ4n) is 0.996. The molecule has 1 radical (unpaired) electrons. The molecule has 0 aromatic rings. The lowest BCUT2D eigenvalue weighted by Gasteiger charge is -2.22. The summed E-state index contributed by atoms with van der Waals surface area (Å²) in [6, 6.07) is 0. The second-order valence-electron chi connectivity index (χ2n) is 2.64. The maximum atomic E-state index is 10.6. The van der Waals surface area contributed by atoms with Gasteiger partial charge in [-0.15, -0.1) is 0 Å². The van der Waals surface area contributed by atoms with Gasteiger partial charge < -0.3 is 4.74 Å². The van der Waals surface area contributed by atoms with Crippen molar-refractivity contribution in [2.24, 2.45) is 0 Å². The number of hydrogen-bond donors (Lipinski definition) is 0. The van der Waals surface area contributed by atoms with Gasteiger partial charge in [0.1, 0.15) is 12.5 Å². The third kappa shape index (κ3) is 1.72. The van der Waals surface area contributed by atoms with Gasteiger partial charge in [0.25, 0.3) is 0 Å². The van der Waals surface area contributed by atoms with Crippen molar-refractivity contribution in [1.29, 1.82) is 0 Å². The topological polar surface area (TPSA) is 26.3 Å². The Morgan fingerprint density at radius 1 is 1.50 bits per heavy atom. The maximum absolute atomic E-state index is 10.6. The predicted octanol–water partition coefficient (Wildman–Crippen LogP) is 1.70. The van der Waals surface area contributed by atoms with E-state index in [-0.39, 0.29) is 5.97 Å². The van der Waals surface area contributed by atoms with Crippen LogP contribution in [0.3, 0.4) is 0 Å². The summed E-state index contributed by atoms with van der Waals surface area (Å²) in [6.45, 7) is 2.74. The molecule has 0 spiro atoms. The SMILES string of the molecule is CCCCC[C]1COC1=O. The van der Waals surface area contributed by atoms with Gasteiger partial charge in [-0.1, -0.05) is 26.2 Å². The average Bonchev–Trinajstić information content (AvgIpc) is 1.95. The van der Waals surface area contributed by atoms with Gasteiger partial charge in [-0.2, -0.15) is 0 Å². The highest BCUT2D eigenvalue weighted by molar-refractivity contribution is 5.89. The summed E-state index contributed by atoms with van der Waals surface area (Å²) in [5.41, 5.74) is 0. The van der Waals surface area contributed by atoms with E-state index in [1.165, 1.54) is 12.8 Å². The van der Waals surface area contributed by atoms with Crippen LogP contribution < -0.4 is 0 Å². The molecule has 0 amide bonds. The Kier molecular flexibility index (Phi) is 2.72. The van der Waals surface area contributed by atoms with Crippen molar-refractivity contribution in [2.45, 2.75) is 32.6 Å². The number of carbonyl (C=O) groups excluding carboxylic acids is 1. The highest BCUT2D eigenvalue weighted by atomic mass is 16.6. The van der Waals surface area contributed by atoms with Crippen molar-refractivity contribution in [3.05, 3.63) is 5.92 Å². The Hall–Kier alpha value is -0.530. The number of unbranched alkanes of at least 4 members (excludes halogenated alkanes) is 2. The molecule has 1 aliphatic heterocycles. The van der Waals surface area contributed by atoms with Gasteiger partial charge in [0.05, 0.1) is 0 Å². The zero-order chi connectivity index (χ0) is 7.40. The van der Waals surface area contributed by atoms with Crippen LogP contribution in [0, 0.1) is 5.92 Å². The number of cyclic esters (lactones) is 1. The van der Waals surface area contributed by atoms with Crippen LogP contribution in [0.4, 0.5) is 0 Å². The summed E-state index contributed by atoms with van der Waals surface area (Å²) >= 11 is 0. The summed E-state index contributed by atoms with van der Waals surface area (Å²) in [6.07, 6.45) is 4.52. The molecule has 57 valence electrons. The van der Waals surface area contributed by atoms with E-state index in [1.807, 2.05) is 0 Å². The molecule has 0 saturated carbocycles. The first-order chi connectivity index (χ1) is 4.84. The Labute approximate surface area is 61.6 Å². The Morgan fingerprint density at radius 3 is 2.70 bits per heavy atom. The van der Waals surface area contributed by atoms with E-state index in [4.69, 9.17) is 0 Å². The first kappa shape index (κ1) is 7.58. The number of carbonyl (C=O) groups is 1. The van der Waals surface area contributed by atoms with Crippen molar-refractivity contribution < 1.29 is 9.53 Å². The van der Waals surface area contributed by atoms with Crippen molar-refractivity contribution in [3.8, 4) is 0 Å². The monoisotopic (exact) mass is 141 g/mol. The van der Waals surface area contributed by atoms with Crippen LogP contribution in [0.2, 0.25) is 0 Å². The molecule has 0 atom stereocenters. The molecule has 1 heterocycles. The quantitative estimate of drug-likeness (QED) is 0.440. The zero-order valence-electron chi connectivity index (χ0n) is 6.35. The van der Waals surface area contributed by atoms with Crippen LogP contribution in [0.15, 0.2) is 0 Å². The summed E-state index contributed by atoms with van der Waals surface area (Å²) in [5.74, 6) is 0.907. The van der Waals surface area contributed by atoms with Crippen molar-refractivity contribution in [1.82, 2.24) is 0 Å². The Balaban J connectivity index is 1.98. The van der Waals surface area contributed by atoms with Gasteiger partial charge in [-0.3, -0.25) is 4.79 Å². The third-order valence-corrected chi connectivity index (χ3v) is 1.75. The molecule has 0 unspecified atom stereocenters. The summed E-state index contributed by atoms with van der Waals surface area (Å²) in [5, 5.41) is 0. The highest BCUT2D eigenvalue weighted by Gasteiger charge is 2.30. The fourth-order valence-corrected chi connectivity index (χ4v) is 0.996. The second kappa shape index (κ2) is 3.59. The molecule has 0 aromatic heterocycles. The molecule has 1 fully saturated rings. The standard InChI is InChI=1S/C8H13O2/c1-2-3-4-5-7-6-10-8(7)9/h2-6H2,1H3. The average molecular weight is 141 g/mol. The minimum Gasteiger partial charge on any atom is -0.464 e. The van der Waals surface area contributed by atoms with Crippen LogP contribution in [0.1, 0.15) is 32.6 Å². The van der Waals surface area contributed by atoms with Crippen LogP contribution in [0.5, 0.6) is 0 Å². The molecule has 10 heavy (non-hydrogen) atoms. The molecule has 0 aromatic carbocycles. The number of esters is 1. The minimum atomic E-state index is -0.0731. The van der Waals surface area contributed by atoms with E-state index in [9.17, 15) is 4.79 Å². The molecule has 1 aliphatic rings. The van der Waals surface area contributed by atoms with Gasteiger partial charge in [0.15, 0.2) is 0 Å². The zero-order valence-corrected chi connectivity index (χ0v) is 6.35. The largest absolute Gasteiger partial charge is 0.464 e. The lowest BCUT2D eigenvalue weighted by molar-refractivity contribution is -0.153. The van der Waals surface area contributed by atoms with Crippen molar-refractivity contribution >= 4 is 5.97 Å². The first-order valence-electron chi connectivity index (χ1n) is 3.86. The van der Waals surface area contributed by atoms with E-state index in [0.29, 0.717) is 6.61 Å². The van der Waals surface area contributed by atoms with Crippen LogP contribution in [-0.4, -0.2) is 12.6 Å². The molecule has 0 aliphatic carbocycles. The number of ether oxygens (including phenoxy) is 1. The number of hydrogen-bond acceptors (Lipinski definition) is 2. The predicted molar refractivity (Wildman–Crippen MR) is 38.3 cm³/mol. The minimum absolute atomic E-state index is 0.0731. The molecule has 0 bridgehead atoms. The van der Waals surface area contributed by atoms with Crippen LogP contribution >= 0.6 is 0 Å². The lowest BCUT2D eigenvalue weighted by atomic mass is 9.99. The van der Waals surface area contributed by atoms with Gasteiger partial charge in [-0.05, 0) is 6.42 Å². The van der Waals surface area contributed by atoms with E-state index in [0.717, 1.165) is 18.8 Å². The number of rotatable bonds is 4. The summed E-state index contributed by atoms with van der Waals surface area (Å²) < 4.78 is 4.60. The van der Waals surface area contributed by atoms with Gasteiger partial charge in [0.2, 0.25) is 0 Å². The van der Waals surface area contributed by atoms with Crippen LogP contribution in [0.25, 0.3) is 0 Å². The molecule has 2 nitrogen and oxygen atoms in total. The molecule has 1 saturated heterocycles. The Bertz CT molecular complexity index is 120. The van der Waals surface area contributed by atoms with Crippen molar-refractivity contribution in [3.63, 3.8) is 0 Å². The van der Waals surface area contributed by atoms with E-state index < -0.39 is 0 Å². The van der Waals surface area contributed by atoms with Gasteiger partial charge in [-0.25, -0.2) is 0 Å². The summed E-state index contributed by atoms with van der Waals surface area (Å²) in [7, 11) is 0. The van der Waals surface area contributed by atoms with Crippen LogP contribution in [-0.2, 0) is 9.53 Å². The third-order valence-electron chi connectivity index (χ3n) is 1.75. The van der Waals surface area contributed by atoms with E-state index in [1.54, 1.807) is 0 Å². The normalized spacial score (nSPS) is 18.3. The lowest BCUT2D eigenvalue weighted by Crippen LogP contribution is -2.32. The van der Waals surface area contributed by atoms with E-state index >= 15 is 0 Å². The van der Waals surface area contributed by atoms with E-state index in [2.05, 4.69) is 11.7 Å². The molecule has 1 rings (SSSR count). The Morgan fingerprint density at radius 2 is 2.30 bits per heavy atom. The highest BCUT2D eigenvalue weighted by Crippen LogP contribution is 2.21. The smallest absolute Gasteiger partial charge is 0.316 e. The molecular weight excluding hydrogens is 128 g/mol. The first-order valence-corrected chi connectivity index (χ1v) is 3.86. The van der Waals surface area contributed by atoms with Gasteiger partial charge in [0, 0.05) is 0 Å². The second-order valence-corrected chi connectivity index (χ2v) is 2.64. The van der Waals surface area contributed by atoms with Crippen molar-refractivity contribution in [2.75, 3.05) is 6.61 Å². The molecular formula is C8H13O2.